The third-order valence-electron chi connectivity index (χ3n) is 4.77. The Kier molecular flexibility index (Phi) is 18.0. The summed E-state index contributed by atoms with van der Waals surface area (Å²) >= 11 is 0. The summed E-state index contributed by atoms with van der Waals surface area (Å²) in [4.78, 5) is 0. The van der Waals surface area contributed by atoms with Gasteiger partial charge in [-0.2, -0.15) is 0 Å². The summed E-state index contributed by atoms with van der Waals surface area (Å²) in [6.07, 6.45) is 22.6. The van der Waals surface area contributed by atoms with Crippen LogP contribution in [-0.4, -0.2) is 6.54 Å². The molecule has 1 atom stereocenters. The first-order valence-corrected chi connectivity index (χ1v) is 10.0. The quantitative estimate of drug-likeness (QED) is 0.292. The van der Waals surface area contributed by atoms with Crippen molar-refractivity contribution >= 4 is 0 Å². The van der Waals surface area contributed by atoms with Gasteiger partial charge in [-0.15, -0.1) is 0 Å². The largest absolute Gasteiger partial charge is 0.330 e. The summed E-state index contributed by atoms with van der Waals surface area (Å²) in [6.45, 7) is 5.48. The van der Waals surface area contributed by atoms with Crippen molar-refractivity contribution in [1.82, 2.24) is 0 Å². The van der Waals surface area contributed by atoms with Gasteiger partial charge in [-0.1, -0.05) is 104 Å². The van der Waals surface area contributed by atoms with Crippen LogP contribution in [0.3, 0.4) is 0 Å². The average Bonchev–Trinajstić information content (AvgIpc) is 2.51. The summed E-state index contributed by atoms with van der Waals surface area (Å²) in [7, 11) is 0. The molecule has 21 heavy (non-hydrogen) atoms. The molecular formula is C20H43N. The van der Waals surface area contributed by atoms with Gasteiger partial charge < -0.3 is 5.73 Å². The fourth-order valence-corrected chi connectivity index (χ4v) is 3.16. The zero-order valence-electron chi connectivity index (χ0n) is 15.2. The topological polar surface area (TPSA) is 26.0 Å². The molecular weight excluding hydrogens is 254 g/mol. The molecule has 0 unspecified atom stereocenters. The smallest absolute Gasteiger partial charge is 0.00489 e. The van der Waals surface area contributed by atoms with Crippen molar-refractivity contribution in [3.05, 3.63) is 0 Å². The van der Waals surface area contributed by atoms with E-state index < -0.39 is 0 Å². The first kappa shape index (κ1) is 21.0. The molecule has 128 valence electrons. The monoisotopic (exact) mass is 297 g/mol. The molecule has 0 saturated carbocycles. The highest BCUT2D eigenvalue weighted by Gasteiger charge is 2.06. The molecule has 0 radical (unpaired) electrons. The van der Waals surface area contributed by atoms with E-state index >= 15 is 0 Å². The second kappa shape index (κ2) is 18.0. The molecule has 1 heteroatoms. The lowest BCUT2D eigenvalue weighted by Crippen LogP contribution is -2.14. The van der Waals surface area contributed by atoms with Gasteiger partial charge in [0.1, 0.15) is 0 Å². The molecule has 0 aromatic carbocycles. The number of unbranched alkanes of at least 4 members (excludes halogenated alkanes) is 12. The Morgan fingerprint density at radius 2 is 0.857 bits per heavy atom. The highest BCUT2D eigenvalue weighted by molar-refractivity contribution is 4.61. The van der Waals surface area contributed by atoms with Crippen molar-refractivity contribution in [2.24, 2.45) is 11.7 Å². The van der Waals surface area contributed by atoms with Crippen LogP contribution < -0.4 is 5.73 Å². The normalized spacial score (nSPS) is 12.7. The minimum Gasteiger partial charge on any atom is -0.330 e. The molecule has 0 aromatic heterocycles. The van der Waals surface area contributed by atoms with Crippen molar-refractivity contribution in [1.29, 1.82) is 0 Å². The van der Waals surface area contributed by atoms with Crippen LogP contribution in [0.2, 0.25) is 0 Å². The predicted molar refractivity (Wildman–Crippen MR) is 97.8 cm³/mol. The first-order chi connectivity index (χ1) is 10.3. The van der Waals surface area contributed by atoms with Crippen molar-refractivity contribution in [2.75, 3.05) is 6.54 Å². The van der Waals surface area contributed by atoms with Crippen LogP contribution in [0, 0.1) is 5.92 Å². The lowest BCUT2D eigenvalue weighted by Gasteiger charge is -2.14. The fraction of sp³-hybridized carbons (Fsp3) is 1.00. The molecule has 0 aliphatic rings. The van der Waals surface area contributed by atoms with E-state index in [2.05, 4.69) is 13.8 Å². The van der Waals surface area contributed by atoms with Gasteiger partial charge in [0.25, 0.3) is 0 Å². The summed E-state index contributed by atoms with van der Waals surface area (Å²) in [5.41, 5.74) is 5.93. The molecule has 0 aromatic rings. The third kappa shape index (κ3) is 16.2. The molecule has 0 fully saturated rings. The van der Waals surface area contributed by atoms with Gasteiger partial charge in [-0.05, 0) is 25.3 Å². The highest BCUT2D eigenvalue weighted by atomic mass is 14.5. The Morgan fingerprint density at radius 3 is 1.19 bits per heavy atom. The number of rotatable bonds is 17. The highest BCUT2D eigenvalue weighted by Crippen LogP contribution is 2.18. The minimum absolute atomic E-state index is 0.802. The maximum atomic E-state index is 5.93. The number of hydrogen-bond acceptors (Lipinski definition) is 1. The first-order valence-electron chi connectivity index (χ1n) is 10.0. The SMILES string of the molecule is CCCCCCCCCC[C@@H](CN)CCCCCCCC. The number of nitrogens with two attached hydrogens (primary N) is 1. The molecule has 1 nitrogen and oxygen atoms in total. The van der Waals surface area contributed by atoms with Crippen LogP contribution in [0.25, 0.3) is 0 Å². The Morgan fingerprint density at radius 1 is 0.524 bits per heavy atom. The van der Waals surface area contributed by atoms with Gasteiger partial charge in [0, 0.05) is 0 Å². The van der Waals surface area contributed by atoms with E-state index in [-0.39, 0.29) is 0 Å². The van der Waals surface area contributed by atoms with Crippen LogP contribution in [0.1, 0.15) is 117 Å². The van der Waals surface area contributed by atoms with E-state index in [1.807, 2.05) is 0 Å². The standard InChI is InChI=1S/C20H43N/c1-3-5-7-9-11-12-14-16-18-20(19-21)17-15-13-10-8-6-4-2/h20H,3-19,21H2,1-2H3/t20-/m0/s1. The van der Waals surface area contributed by atoms with E-state index in [1.54, 1.807) is 0 Å². The summed E-state index contributed by atoms with van der Waals surface area (Å²) in [6, 6.07) is 0. The lowest BCUT2D eigenvalue weighted by atomic mass is 9.94. The van der Waals surface area contributed by atoms with E-state index in [9.17, 15) is 0 Å². The molecule has 0 bridgehead atoms. The van der Waals surface area contributed by atoms with Crippen LogP contribution >= 0.6 is 0 Å². The molecule has 0 rings (SSSR count). The summed E-state index contributed by atoms with van der Waals surface area (Å²) in [5, 5.41) is 0. The summed E-state index contributed by atoms with van der Waals surface area (Å²) in [5.74, 6) is 0.802. The Bertz CT molecular complexity index is 179. The van der Waals surface area contributed by atoms with E-state index in [0.717, 1.165) is 12.5 Å². The van der Waals surface area contributed by atoms with Crippen LogP contribution in [0.5, 0.6) is 0 Å². The Labute approximate surface area is 135 Å². The van der Waals surface area contributed by atoms with Gasteiger partial charge in [0.15, 0.2) is 0 Å². The van der Waals surface area contributed by atoms with Crippen molar-refractivity contribution < 1.29 is 0 Å². The maximum absolute atomic E-state index is 5.93. The number of hydrogen-bond donors (Lipinski definition) is 1. The van der Waals surface area contributed by atoms with Gasteiger partial charge in [0.2, 0.25) is 0 Å². The zero-order valence-corrected chi connectivity index (χ0v) is 15.2. The second-order valence-corrected chi connectivity index (χ2v) is 6.92. The minimum atomic E-state index is 0.802. The van der Waals surface area contributed by atoms with E-state index in [1.165, 1.54) is 103 Å². The van der Waals surface area contributed by atoms with Crippen molar-refractivity contribution in [3.8, 4) is 0 Å². The van der Waals surface area contributed by atoms with Crippen molar-refractivity contribution in [2.45, 2.75) is 117 Å². The molecule has 0 saturated heterocycles. The molecule has 2 N–H and O–H groups in total. The lowest BCUT2D eigenvalue weighted by molar-refractivity contribution is 0.410. The van der Waals surface area contributed by atoms with Crippen LogP contribution in [0.4, 0.5) is 0 Å². The maximum Gasteiger partial charge on any atom is -0.00489 e. The summed E-state index contributed by atoms with van der Waals surface area (Å²) < 4.78 is 0. The van der Waals surface area contributed by atoms with E-state index in [0.29, 0.717) is 0 Å². The van der Waals surface area contributed by atoms with Crippen LogP contribution in [0.15, 0.2) is 0 Å². The molecule has 0 aliphatic carbocycles. The van der Waals surface area contributed by atoms with Gasteiger partial charge >= 0.3 is 0 Å². The van der Waals surface area contributed by atoms with Gasteiger partial charge in [-0.25, -0.2) is 0 Å². The van der Waals surface area contributed by atoms with Gasteiger partial charge in [0.05, 0.1) is 0 Å². The Balaban J connectivity index is 3.28. The molecule has 0 aliphatic heterocycles. The molecule has 0 spiro atoms. The Hall–Kier alpha value is -0.0400. The predicted octanol–water partition coefficient (Wildman–Crippen LogP) is 6.84. The third-order valence-corrected chi connectivity index (χ3v) is 4.77. The van der Waals surface area contributed by atoms with Crippen molar-refractivity contribution in [3.63, 3.8) is 0 Å². The van der Waals surface area contributed by atoms with Gasteiger partial charge in [-0.3, -0.25) is 0 Å². The molecule has 0 amide bonds. The van der Waals surface area contributed by atoms with E-state index in [4.69, 9.17) is 5.73 Å². The molecule has 0 heterocycles. The second-order valence-electron chi connectivity index (χ2n) is 6.92. The fourth-order valence-electron chi connectivity index (χ4n) is 3.16. The van der Waals surface area contributed by atoms with Crippen LogP contribution in [-0.2, 0) is 0 Å². The zero-order chi connectivity index (χ0) is 15.6. The average molecular weight is 298 g/mol.